The van der Waals surface area contributed by atoms with Crippen LogP contribution in [0.15, 0.2) is 18.3 Å². The maximum atomic E-state index is 5.99. The number of nitrogens with two attached hydrogens (primary N) is 1. The van der Waals surface area contributed by atoms with E-state index in [9.17, 15) is 0 Å². The Hall–Kier alpha value is -1.09. The van der Waals surface area contributed by atoms with Crippen molar-refractivity contribution in [2.45, 2.75) is 32.7 Å². The van der Waals surface area contributed by atoms with Gasteiger partial charge in [-0.1, -0.05) is 13.0 Å². The highest BCUT2D eigenvalue weighted by Crippen LogP contribution is 2.26. The smallest absolute Gasteiger partial charge is 0.133 e. The summed E-state index contributed by atoms with van der Waals surface area (Å²) in [5, 5.41) is 0. The fraction of sp³-hybridized carbons (Fsp3) is 0.615. The predicted molar refractivity (Wildman–Crippen MR) is 67.5 cm³/mol. The molecule has 0 radical (unpaired) electrons. The molecule has 0 spiro atoms. The van der Waals surface area contributed by atoms with E-state index in [0.29, 0.717) is 0 Å². The molecule has 0 aliphatic carbocycles. The van der Waals surface area contributed by atoms with Gasteiger partial charge in [-0.3, -0.25) is 0 Å². The molecule has 1 saturated heterocycles. The van der Waals surface area contributed by atoms with Gasteiger partial charge in [-0.05, 0) is 31.7 Å². The van der Waals surface area contributed by atoms with Gasteiger partial charge < -0.3 is 10.6 Å². The largest absolute Gasteiger partial charge is 0.356 e. The lowest BCUT2D eigenvalue weighted by atomic mass is 9.99. The minimum absolute atomic E-state index is 0.0564. The monoisotopic (exact) mass is 219 g/mol. The lowest BCUT2D eigenvalue weighted by Gasteiger charge is -2.33. The average Bonchev–Trinajstić information content (AvgIpc) is 2.29. The second-order valence-corrected chi connectivity index (χ2v) is 4.90. The number of nitrogens with zero attached hydrogens (tertiary/aromatic N) is 2. The number of aromatic nitrogens is 1. The van der Waals surface area contributed by atoms with Gasteiger partial charge in [-0.15, -0.1) is 0 Å². The Bertz CT molecular complexity index is 349. The Morgan fingerprint density at radius 1 is 1.56 bits per heavy atom. The molecule has 3 heteroatoms. The van der Waals surface area contributed by atoms with Crippen molar-refractivity contribution in [1.29, 1.82) is 0 Å². The van der Waals surface area contributed by atoms with Gasteiger partial charge >= 0.3 is 0 Å². The molecular formula is C13H21N3. The van der Waals surface area contributed by atoms with Crippen LogP contribution in [0.5, 0.6) is 0 Å². The van der Waals surface area contributed by atoms with Crippen molar-refractivity contribution in [2.24, 2.45) is 11.7 Å². The van der Waals surface area contributed by atoms with Gasteiger partial charge in [0.15, 0.2) is 0 Å². The fourth-order valence-corrected chi connectivity index (χ4v) is 2.41. The van der Waals surface area contributed by atoms with Gasteiger partial charge in [-0.2, -0.15) is 0 Å². The molecule has 2 heterocycles. The summed E-state index contributed by atoms with van der Waals surface area (Å²) in [5.74, 6) is 1.85. The Kier molecular flexibility index (Phi) is 3.44. The van der Waals surface area contributed by atoms with Gasteiger partial charge in [0.25, 0.3) is 0 Å². The third kappa shape index (κ3) is 2.35. The summed E-state index contributed by atoms with van der Waals surface area (Å²) in [4.78, 5) is 6.89. The highest BCUT2D eigenvalue weighted by atomic mass is 15.2. The molecule has 2 rings (SSSR count). The van der Waals surface area contributed by atoms with Crippen LogP contribution in [0.3, 0.4) is 0 Å². The van der Waals surface area contributed by atoms with E-state index in [1.165, 1.54) is 12.8 Å². The van der Waals surface area contributed by atoms with Crippen molar-refractivity contribution in [3.05, 3.63) is 23.9 Å². The maximum absolute atomic E-state index is 5.99. The van der Waals surface area contributed by atoms with Crippen LogP contribution in [0, 0.1) is 5.92 Å². The second kappa shape index (κ2) is 4.83. The van der Waals surface area contributed by atoms with Gasteiger partial charge in [0, 0.05) is 30.9 Å². The van der Waals surface area contributed by atoms with Crippen molar-refractivity contribution in [1.82, 2.24) is 4.98 Å². The van der Waals surface area contributed by atoms with E-state index in [4.69, 9.17) is 5.73 Å². The number of hydrogen-bond donors (Lipinski definition) is 1. The molecule has 88 valence electrons. The number of hydrogen-bond acceptors (Lipinski definition) is 3. The zero-order valence-corrected chi connectivity index (χ0v) is 10.2. The third-order valence-electron chi connectivity index (χ3n) is 3.26. The average molecular weight is 219 g/mol. The fourth-order valence-electron chi connectivity index (χ4n) is 2.41. The molecule has 0 bridgehead atoms. The van der Waals surface area contributed by atoms with E-state index < -0.39 is 0 Å². The van der Waals surface area contributed by atoms with E-state index >= 15 is 0 Å². The van der Waals surface area contributed by atoms with Crippen molar-refractivity contribution >= 4 is 5.82 Å². The summed E-state index contributed by atoms with van der Waals surface area (Å²) in [6.45, 7) is 6.55. The summed E-state index contributed by atoms with van der Waals surface area (Å²) >= 11 is 0. The number of rotatable bonds is 2. The topological polar surface area (TPSA) is 42.2 Å². The van der Waals surface area contributed by atoms with E-state index in [-0.39, 0.29) is 6.04 Å². The highest BCUT2D eigenvalue weighted by molar-refractivity contribution is 5.48. The lowest BCUT2D eigenvalue weighted by molar-refractivity contribution is 0.443. The summed E-state index contributed by atoms with van der Waals surface area (Å²) in [5.41, 5.74) is 7.15. The molecule has 1 aliphatic rings. The van der Waals surface area contributed by atoms with E-state index in [1.54, 1.807) is 0 Å². The quantitative estimate of drug-likeness (QED) is 0.830. The normalized spacial score (nSPS) is 23.2. The molecule has 1 aliphatic heterocycles. The van der Waals surface area contributed by atoms with Crippen LogP contribution in [0.1, 0.15) is 38.3 Å². The molecule has 0 saturated carbocycles. The van der Waals surface area contributed by atoms with Crippen molar-refractivity contribution in [2.75, 3.05) is 18.0 Å². The van der Waals surface area contributed by atoms with Gasteiger partial charge in [0.05, 0.1) is 0 Å². The molecule has 0 amide bonds. The Labute approximate surface area is 97.7 Å². The molecule has 1 aromatic heterocycles. The van der Waals surface area contributed by atoms with Crippen LogP contribution in [-0.2, 0) is 0 Å². The van der Waals surface area contributed by atoms with Crippen molar-refractivity contribution < 1.29 is 0 Å². The maximum Gasteiger partial charge on any atom is 0.133 e. The van der Waals surface area contributed by atoms with Crippen LogP contribution in [0.25, 0.3) is 0 Å². The van der Waals surface area contributed by atoms with Crippen LogP contribution in [0.4, 0.5) is 5.82 Å². The van der Waals surface area contributed by atoms with Crippen LogP contribution in [0.2, 0.25) is 0 Å². The van der Waals surface area contributed by atoms with Crippen LogP contribution in [-0.4, -0.2) is 18.1 Å². The first-order valence-electron chi connectivity index (χ1n) is 6.14. The van der Waals surface area contributed by atoms with Crippen LogP contribution < -0.4 is 10.6 Å². The molecular weight excluding hydrogens is 198 g/mol. The third-order valence-corrected chi connectivity index (χ3v) is 3.26. The van der Waals surface area contributed by atoms with Gasteiger partial charge in [0.2, 0.25) is 0 Å². The summed E-state index contributed by atoms with van der Waals surface area (Å²) in [6.07, 6.45) is 4.45. The zero-order valence-electron chi connectivity index (χ0n) is 10.2. The number of pyridine rings is 1. The SMILES string of the molecule is CC1CCCN(c2ncccc2[C@@H](C)N)C1. The van der Waals surface area contributed by atoms with Crippen molar-refractivity contribution in [3.63, 3.8) is 0 Å². The van der Waals surface area contributed by atoms with Gasteiger partial charge in [-0.25, -0.2) is 4.98 Å². The second-order valence-electron chi connectivity index (χ2n) is 4.90. The molecule has 0 aromatic carbocycles. The van der Waals surface area contributed by atoms with Crippen LogP contribution >= 0.6 is 0 Å². The summed E-state index contributed by atoms with van der Waals surface area (Å²) < 4.78 is 0. The summed E-state index contributed by atoms with van der Waals surface area (Å²) in [7, 11) is 0. The standard InChI is InChI=1S/C13H21N3/c1-10-5-4-8-16(9-10)13-12(11(2)14)6-3-7-15-13/h3,6-7,10-11H,4-5,8-9,14H2,1-2H3/t10?,11-/m1/s1. The number of piperidine rings is 1. The lowest BCUT2D eigenvalue weighted by Crippen LogP contribution is -2.35. The number of anilines is 1. The van der Waals surface area contributed by atoms with E-state index in [0.717, 1.165) is 30.4 Å². The van der Waals surface area contributed by atoms with Gasteiger partial charge in [0.1, 0.15) is 5.82 Å². The molecule has 16 heavy (non-hydrogen) atoms. The minimum Gasteiger partial charge on any atom is -0.356 e. The van der Waals surface area contributed by atoms with E-state index in [2.05, 4.69) is 22.9 Å². The predicted octanol–water partition coefficient (Wildman–Crippen LogP) is 2.34. The molecule has 3 nitrogen and oxygen atoms in total. The molecule has 2 N–H and O–H groups in total. The minimum atomic E-state index is 0.0564. The zero-order chi connectivity index (χ0) is 11.5. The Balaban J connectivity index is 2.25. The van der Waals surface area contributed by atoms with E-state index in [1.807, 2.05) is 19.2 Å². The molecule has 1 fully saturated rings. The first-order valence-corrected chi connectivity index (χ1v) is 6.14. The first-order chi connectivity index (χ1) is 7.68. The van der Waals surface area contributed by atoms with Crippen molar-refractivity contribution in [3.8, 4) is 0 Å². The highest BCUT2D eigenvalue weighted by Gasteiger charge is 2.20. The Morgan fingerprint density at radius 3 is 3.06 bits per heavy atom. The molecule has 1 unspecified atom stereocenters. The molecule has 1 aromatic rings. The summed E-state index contributed by atoms with van der Waals surface area (Å²) in [6, 6.07) is 4.11. The molecule has 2 atom stereocenters. The Morgan fingerprint density at radius 2 is 2.38 bits per heavy atom. The first kappa shape index (κ1) is 11.4.